The van der Waals surface area contributed by atoms with Gasteiger partial charge in [0, 0.05) is 11.4 Å². The zero-order valence-corrected chi connectivity index (χ0v) is 11.2. The number of carboxylic acid groups (broad SMARTS) is 1. The van der Waals surface area contributed by atoms with E-state index in [1.165, 1.54) is 0 Å². The maximum absolute atomic E-state index is 12.1. The van der Waals surface area contributed by atoms with Crippen molar-refractivity contribution in [2.45, 2.75) is 20.3 Å². The zero-order chi connectivity index (χ0) is 14.7. The molecule has 0 aliphatic heterocycles. The molecule has 0 atom stereocenters. The average Bonchev–Trinajstić information content (AvgIpc) is 2.71. The van der Waals surface area contributed by atoms with Gasteiger partial charge in [-0.05, 0) is 31.5 Å². The third-order valence-corrected chi connectivity index (χ3v) is 2.92. The lowest BCUT2D eigenvalue weighted by molar-refractivity contribution is -0.136. The average molecular weight is 273 g/mol. The molecular weight excluding hydrogens is 258 g/mol. The Morgan fingerprint density at radius 3 is 2.40 bits per heavy atom. The third kappa shape index (κ3) is 3.03. The molecule has 0 bridgehead atoms. The Bertz CT molecular complexity index is 625. The van der Waals surface area contributed by atoms with Crippen LogP contribution >= 0.6 is 0 Å². The highest BCUT2D eigenvalue weighted by Crippen LogP contribution is 2.14. The summed E-state index contributed by atoms with van der Waals surface area (Å²) in [5.74, 6) is -1.12. The van der Waals surface area contributed by atoms with E-state index in [9.17, 15) is 9.59 Å². The van der Waals surface area contributed by atoms with Gasteiger partial charge in [-0.15, -0.1) is 0 Å². The van der Waals surface area contributed by atoms with Gasteiger partial charge in [0.05, 0.1) is 17.7 Å². The molecule has 3 N–H and O–H groups in total. The van der Waals surface area contributed by atoms with E-state index >= 15 is 0 Å². The number of H-pyrrole nitrogens is 1. The number of aryl methyl sites for hydroxylation is 2. The molecule has 0 aliphatic rings. The number of nitrogens with one attached hydrogen (secondary N) is 2. The Hall–Kier alpha value is -2.63. The molecule has 0 aliphatic carbocycles. The quantitative estimate of drug-likeness (QED) is 0.793. The van der Waals surface area contributed by atoms with E-state index in [1.54, 1.807) is 38.1 Å². The Labute approximate surface area is 115 Å². The maximum Gasteiger partial charge on any atom is 0.307 e. The lowest BCUT2D eigenvalue weighted by atomic mass is 10.1. The van der Waals surface area contributed by atoms with Crippen LogP contribution in [0.2, 0.25) is 0 Å². The SMILES string of the molecule is Cc1n[nH]c(C)c1C(=O)Nc1ccc(CC(=O)O)cc1. The number of aromatic nitrogens is 2. The predicted molar refractivity (Wildman–Crippen MR) is 73.8 cm³/mol. The molecule has 2 rings (SSSR count). The van der Waals surface area contributed by atoms with E-state index in [4.69, 9.17) is 5.11 Å². The van der Waals surface area contributed by atoms with Crippen molar-refractivity contribution in [3.8, 4) is 0 Å². The number of aromatic amines is 1. The number of rotatable bonds is 4. The number of aliphatic carboxylic acids is 1. The molecule has 1 heterocycles. The fourth-order valence-electron chi connectivity index (χ4n) is 1.96. The van der Waals surface area contributed by atoms with Crippen LogP contribution in [0.5, 0.6) is 0 Å². The number of anilines is 1. The van der Waals surface area contributed by atoms with E-state index in [1.807, 2.05) is 0 Å². The predicted octanol–water partition coefficient (Wildman–Crippen LogP) is 1.91. The molecule has 0 saturated carbocycles. The van der Waals surface area contributed by atoms with Gasteiger partial charge in [-0.25, -0.2) is 0 Å². The summed E-state index contributed by atoms with van der Waals surface area (Å²) in [4.78, 5) is 22.7. The van der Waals surface area contributed by atoms with Crippen molar-refractivity contribution in [2.24, 2.45) is 0 Å². The van der Waals surface area contributed by atoms with E-state index in [0.717, 1.165) is 0 Å². The normalized spacial score (nSPS) is 10.3. The number of carbonyl (C=O) groups excluding carboxylic acids is 1. The highest BCUT2D eigenvalue weighted by atomic mass is 16.4. The van der Waals surface area contributed by atoms with Crippen LogP contribution in [0.4, 0.5) is 5.69 Å². The first-order valence-corrected chi connectivity index (χ1v) is 6.11. The number of hydrogen-bond donors (Lipinski definition) is 3. The van der Waals surface area contributed by atoms with Crippen molar-refractivity contribution in [1.29, 1.82) is 0 Å². The van der Waals surface area contributed by atoms with Gasteiger partial charge in [-0.1, -0.05) is 12.1 Å². The van der Waals surface area contributed by atoms with Crippen molar-refractivity contribution >= 4 is 17.6 Å². The standard InChI is InChI=1S/C14H15N3O3/c1-8-13(9(2)17-16-8)14(20)15-11-5-3-10(4-6-11)7-12(18)19/h3-6H,7H2,1-2H3,(H,15,20)(H,16,17)(H,18,19). The van der Waals surface area contributed by atoms with Crippen molar-refractivity contribution in [3.05, 3.63) is 46.8 Å². The van der Waals surface area contributed by atoms with Gasteiger partial charge in [0.15, 0.2) is 0 Å². The van der Waals surface area contributed by atoms with Gasteiger partial charge >= 0.3 is 5.97 Å². The number of nitrogens with zero attached hydrogens (tertiary/aromatic N) is 1. The number of carboxylic acids is 1. The minimum absolute atomic E-state index is 0.0336. The molecule has 104 valence electrons. The van der Waals surface area contributed by atoms with Crippen molar-refractivity contribution < 1.29 is 14.7 Å². The van der Waals surface area contributed by atoms with Crippen molar-refractivity contribution in [2.75, 3.05) is 5.32 Å². The van der Waals surface area contributed by atoms with Crippen LogP contribution in [0.1, 0.15) is 27.3 Å². The molecule has 0 saturated heterocycles. The number of hydrogen-bond acceptors (Lipinski definition) is 3. The topological polar surface area (TPSA) is 95.1 Å². The molecule has 1 amide bonds. The lowest BCUT2D eigenvalue weighted by Crippen LogP contribution is -2.13. The fourth-order valence-corrected chi connectivity index (χ4v) is 1.96. The fraction of sp³-hybridized carbons (Fsp3) is 0.214. The molecule has 0 fully saturated rings. The van der Waals surface area contributed by atoms with E-state index in [2.05, 4.69) is 15.5 Å². The number of amides is 1. The summed E-state index contributed by atoms with van der Waals surface area (Å²) in [5.41, 5.74) is 3.18. The zero-order valence-electron chi connectivity index (χ0n) is 11.2. The first-order valence-electron chi connectivity index (χ1n) is 6.11. The minimum Gasteiger partial charge on any atom is -0.481 e. The summed E-state index contributed by atoms with van der Waals surface area (Å²) < 4.78 is 0. The summed E-state index contributed by atoms with van der Waals surface area (Å²) in [6, 6.07) is 6.72. The Morgan fingerprint density at radius 2 is 1.90 bits per heavy atom. The molecule has 0 spiro atoms. The molecule has 0 radical (unpaired) electrons. The summed E-state index contributed by atoms with van der Waals surface area (Å²) in [6.07, 6.45) is -0.0336. The molecule has 6 heteroatoms. The van der Waals surface area contributed by atoms with Crippen LogP contribution < -0.4 is 5.32 Å². The Morgan fingerprint density at radius 1 is 1.25 bits per heavy atom. The van der Waals surface area contributed by atoms with Gasteiger partial charge in [-0.3, -0.25) is 14.7 Å². The van der Waals surface area contributed by atoms with Gasteiger partial charge in [0.2, 0.25) is 0 Å². The highest BCUT2D eigenvalue weighted by molar-refractivity contribution is 6.05. The van der Waals surface area contributed by atoms with Gasteiger partial charge in [-0.2, -0.15) is 5.10 Å². The molecule has 2 aromatic rings. The monoisotopic (exact) mass is 273 g/mol. The van der Waals surface area contributed by atoms with Crippen molar-refractivity contribution in [1.82, 2.24) is 10.2 Å². The minimum atomic E-state index is -0.883. The molecular formula is C14H15N3O3. The van der Waals surface area contributed by atoms with E-state index in [-0.39, 0.29) is 12.3 Å². The van der Waals surface area contributed by atoms with Crippen LogP contribution in [0.15, 0.2) is 24.3 Å². The first kappa shape index (κ1) is 13.8. The van der Waals surface area contributed by atoms with E-state index < -0.39 is 5.97 Å². The lowest BCUT2D eigenvalue weighted by Gasteiger charge is -2.06. The number of benzene rings is 1. The second-order valence-electron chi connectivity index (χ2n) is 4.53. The summed E-state index contributed by atoms with van der Waals surface area (Å²) >= 11 is 0. The first-order chi connectivity index (χ1) is 9.47. The van der Waals surface area contributed by atoms with Crippen LogP contribution in [-0.4, -0.2) is 27.2 Å². The molecule has 0 unspecified atom stereocenters. The second-order valence-corrected chi connectivity index (χ2v) is 4.53. The maximum atomic E-state index is 12.1. The third-order valence-electron chi connectivity index (χ3n) is 2.92. The van der Waals surface area contributed by atoms with Crippen LogP contribution in [-0.2, 0) is 11.2 Å². The molecule has 20 heavy (non-hydrogen) atoms. The molecule has 1 aromatic carbocycles. The van der Waals surface area contributed by atoms with Crippen molar-refractivity contribution in [3.63, 3.8) is 0 Å². The van der Waals surface area contributed by atoms with Gasteiger partial charge in [0.25, 0.3) is 5.91 Å². The summed E-state index contributed by atoms with van der Waals surface area (Å²) in [6.45, 7) is 3.54. The molecule has 1 aromatic heterocycles. The number of carbonyl (C=O) groups is 2. The van der Waals surface area contributed by atoms with E-state index in [0.29, 0.717) is 28.2 Å². The second kappa shape index (κ2) is 5.56. The largest absolute Gasteiger partial charge is 0.481 e. The van der Waals surface area contributed by atoms with Gasteiger partial charge < -0.3 is 10.4 Å². The smallest absolute Gasteiger partial charge is 0.307 e. The van der Waals surface area contributed by atoms with Crippen LogP contribution in [0.3, 0.4) is 0 Å². The van der Waals surface area contributed by atoms with Crippen LogP contribution in [0.25, 0.3) is 0 Å². The summed E-state index contributed by atoms with van der Waals surface area (Å²) in [7, 11) is 0. The summed E-state index contributed by atoms with van der Waals surface area (Å²) in [5, 5.41) is 18.2. The van der Waals surface area contributed by atoms with Crippen LogP contribution in [0, 0.1) is 13.8 Å². The molecule has 6 nitrogen and oxygen atoms in total. The van der Waals surface area contributed by atoms with Gasteiger partial charge in [0.1, 0.15) is 0 Å². The highest BCUT2D eigenvalue weighted by Gasteiger charge is 2.15. The Kier molecular flexibility index (Phi) is 3.84. The Balaban J connectivity index is 2.10.